The molecule has 0 aliphatic heterocycles. The number of aromatic nitrogens is 5. The number of halogens is 3. The average Bonchev–Trinajstić information content (AvgIpc) is 3.01. The zero-order valence-electron chi connectivity index (χ0n) is 10.7. The fraction of sp³-hybridized carbons (Fsp3) is 0.273. The van der Waals surface area contributed by atoms with E-state index in [0.717, 1.165) is 5.56 Å². The molecule has 0 spiro atoms. The van der Waals surface area contributed by atoms with Crippen molar-refractivity contribution in [3.63, 3.8) is 0 Å². The number of hydrogen-bond donors (Lipinski definition) is 1. The Kier molecular flexibility index (Phi) is 3.00. The van der Waals surface area contributed by atoms with Gasteiger partial charge in [0.05, 0.1) is 6.54 Å². The Bertz CT molecular complexity index is 778. The van der Waals surface area contributed by atoms with Crippen LogP contribution in [0.4, 0.5) is 19.0 Å². The van der Waals surface area contributed by atoms with Crippen LogP contribution in [-0.2, 0) is 12.7 Å². The largest absolute Gasteiger partial charge is 0.453 e. The highest BCUT2D eigenvalue weighted by Gasteiger charge is 2.37. The summed E-state index contributed by atoms with van der Waals surface area (Å²) in [6, 6.07) is 2.91. The van der Waals surface area contributed by atoms with E-state index in [-0.39, 0.29) is 18.0 Å². The summed E-state index contributed by atoms with van der Waals surface area (Å²) in [7, 11) is 0. The van der Waals surface area contributed by atoms with Crippen LogP contribution < -0.4 is 5.32 Å². The maximum Gasteiger partial charge on any atom is 0.453 e. The molecule has 0 aliphatic rings. The van der Waals surface area contributed by atoms with Gasteiger partial charge in [0.15, 0.2) is 5.65 Å². The molecular formula is C11H9F3N6O. The van der Waals surface area contributed by atoms with Crippen molar-refractivity contribution in [1.82, 2.24) is 25.0 Å². The lowest BCUT2D eigenvalue weighted by Crippen LogP contribution is -2.13. The van der Waals surface area contributed by atoms with Gasteiger partial charge < -0.3 is 9.84 Å². The lowest BCUT2D eigenvalue weighted by Gasteiger charge is -2.06. The summed E-state index contributed by atoms with van der Waals surface area (Å²) in [5.74, 6) is -0.922. The molecule has 10 heteroatoms. The molecule has 7 nitrogen and oxygen atoms in total. The summed E-state index contributed by atoms with van der Waals surface area (Å²) in [6.07, 6.45) is -3.14. The van der Waals surface area contributed by atoms with Crippen LogP contribution in [0.1, 0.15) is 17.1 Å². The first-order valence-electron chi connectivity index (χ1n) is 5.88. The Labute approximate surface area is 115 Å². The minimum atomic E-state index is -4.62. The molecule has 0 radical (unpaired) electrons. The van der Waals surface area contributed by atoms with Crippen molar-refractivity contribution in [1.29, 1.82) is 0 Å². The van der Waals surface area contributed by atoms with E-state index in [9.17, 15) is 13.2 Å². The Morgan fingerprint density at radius 1 is 1.29 bits per heavy atom. The SMILES string of the molecule is Cc1conc1CNc1ccc2nnc(C(F)(F)F)n2n1. The summed E-state index contributed by atoms with van der Waals surface area (Å²) in [5, 5.41) is 17.0. The lowest BCUT2D eigenvalue weighted by molar-refractivity contribution is -0.146. The van der Waals surface area contributed by atoms with Crippen molar-refractivity contribution in [3.05, 3.63) is 35.5 Å². The molecule has 0 saturated heterocycles. The predicted octanol–water partition coefficient (Wildman–Crippen LogP) is 2.05. The average molecular weight is 298 g/mol. The molecule has 110 valence electrons. The van der Waals surface area contributed by atoms with E-state index in [1.807, 2.05) is 6.92 Å². The van der Waals surface area contributed by atoms with E-state index >= 15 is 0 Å². The first-order valence-corrected chi connectivity index (χ1v) is 5.88. The number of nitrogens with one attached hydrogen (secondary N) is 1. The molecule has 1 N–H and O–H groups in total. The van der Waals surface area contributed by atoms with Gasteiger partial charge in [0, 0.05) is 5.56 Å². The predicted molar refractivity (Wildman–Crippen MR) is 64.4 cm³/mol. The van der Waals surface area contributed by atoms with Crippen molar-refractivity contribution in [2.24, 2.45) is 0 Å². The summed E-state index contributed by atoms with van der Waals surface area (Å²) < 4.78 is 43.6. The number of nitrogens with zero attached hydrogens (tertiary/aromatic N) is 5. The Balaban J connectivity index is 1.88. The Hall–Kier alpha value is -2.65. The summed E-state index contributed by atoms with van der Waals surface area (Å²) in [4.78, 5) is 0. The summed E-state index contributed by atoms with van der Waals surface area (Å²) >= 11 is 0. The second-order valence-corrected chi connectivity index (χ2v) is 4.31. The van der Waals surface area contributed by atoms with Crippen LogP contribution in [0.15, 0.2) is 22.9 Å². The number of hydrogen-bond acceptors (Lipinski definition) is 6. The van der Waals surface area contributed by atoms with Crippen LogP contribution in [0.25, 0.3) is 5.65 Å². The number of aryl methyl sites for hydroxylation is 1. The molecule has 0 unspecified atom stereocenters. The summed E-state index contributed by atoms with van der Waals surface area (Å²) in [6.45, 7) is 2.09. The first kappa shape index (κ1) is 13.3. The van der Waals surface area contributed by atoms with E-state index in [1.54, 1.807) is 0 Å². The van der Waals surface area contributed by atoms with E-state index < -0.39 is 12.0 Å². The van der Waals surface area contributed by atoms with E-state index in [4.69, 9.17) is 4.52 Å². The molecule has 0 saturated carbocycles. The first-order chi connectivity index (χ1) is 9.95. The van der Waals surface area contributed by atoms with Gasteiger partial charge in [0.2, 0.25) is 0 Å². The zero-order chi connectivity index (χ0) is 15.0. The molecule has 0 aliphatic carbocycles. The van der Waals surface area contributed by atoms with E-state index in [0.29, 0.717) is 10.2 Å². The van der Waals surface area contributed by atoms with Crippen molar-refractivity contribution >= 4 is 11.5 Å². The fourth-order valence-corrected chi connectivity index (χ4v) is 1.71. The van der Waals surface area contributed by atoms with Crippen LogP contribution >= 0.6 is 0 Å². The standard InChI is InChI=1S/C11H9F3N6O/c1-6-5-21-19-7(6)4-15-8-2-3-9-16-17-10(11(12,13)14)20(9)18-8/h2-3,5H,4H2,1H3,(H,15,18). The molecule has 21 heavy (non-hydrogen) atoms. The maximum atomic E-state index is 12.7. The van der Waals surface area contributed by atoms with Gasteiger partial charge in [0.1, 0.15) is 17.8 Å². The minimum Gasteiger partial charge on any atom is -0.364 e. The highest BCUT2D eigenvalue weighted by atomic mass is 19.4. The second kappa shape index (κ2) is 4.72. The normalized spacial score (nSPS) is 12.0. The second-order valence-electron chi connectivity index (χ2n) is 4.31. The molecule has 0 amide bonds. The fourth-order valence-electron chi connectivity index (χ4n) is 1.71. The van der Waals surface area contributed by atoms with Crippen molar-refractivity contribution < 1.29 is 17.7 Å². The minimum absolute atomic E-state index is 0.0190. The van der Waals surface area contributed by atoms with Crippen LogP contribution in [0, 0.1) is 6.92 Å². The van der Waals surface area contributed by atoms with Crippen LogP contribution in [0.3, 0.4) is 0 Å². The number of rotatable bonds is 3. The van der Waals surface area contributed by atoms with Crippen LogP contribution in [0.5, 0.6) is 0 Å². The zero-order valence-corrected chi connectivity index (χ0v) is 10.7. The van der Waals surface area contributed by atoms with Crippen LogP contribution in [0.2, 0.25) is 0 Å². The molecule has 3 heterocycles. The molecule has 3 aromatic rings. The highest BCUT2D eigenvalue weighted by molar-refractivity contribution is 5.44. The molecule has 0 aromatic carbocycles. The monoisotopic (exact) mass is 298 g/mol. The number of alkyl halides is 3. The lowest BCUT2D eigenvalue weighted by atomic mass is 10.3. The third kappa shape index (κ3) is 2.51. The maximum absolute atomic E-state index is 12.7. The molecule has 3 rings (SSSR count). The van der Waals surface area contributed by atoms with Gasteiger partial charge in [-0.05, 0) is 19.1 Å². The van der Waals surface area contributed by atoms with Crippen molar-refractivity contribution in [2.45, 2.75) is 19.6 Å². The van der Waals surface area contributed by atoms with Gasteiger partial charge in [-0.25, -0.2) is 0 Å². The third-order valence-electron chi connectivity index (χ3n) is 2.80. The molecule has 3 aromatic heterocycles. The van der Waals surface area contributed by atoms with E-state index in [1.165, 1.54) is 18.4 Å². The van der Waals surface area contributed by atoms with Gasteiger partial charge in [-0.3, -0.25) is 0 Å². The third-order valence-corrected chi connectivity index (χ3v) is 2.80. The van der Waals surface area contributed by atoms with Gasteiger partial charge in [-0.2, -0.15) is 17.7 Å². The Morgan fingerprint density at radius 2 is 2.10 bits per heavy atom. The number of anilines is 1. The van der Waals surface area contributed by atoms with Crippen molar-refractivity contribution in [3.8, 4) is 0 Å². The smallest absolute Gasteiger partial charge is 0.364 e. The molecular weight excluding hydrogens is 289 g/mol. The van der Waals surface area contributed by atoms with Gasteiger partial charge in [-0.1, -0.05) is 5.16 Å². The molecule has 0 fully saturated rings. The van der Waals surface area contributed by atoms with Gasteiger partial charge >= 0.3 is 6.18 Å². The highest BCUT2D eigenvalue weighted by Crippen LogP contribution is 2.27. The molecule has 0 bridgehead atoms. The topological polar surface area (TPSA) is 81.1 Å². The van der Waals surface area contributed by atoms with Crippen LogP contribution in [-0.4, -0.2) is 25.0 Å². The molecule has 0 atom stereocenters. The summed E-state index contributed by atoms with van der Waals surface area (Å²) in [5.41, 5.74) is 1.51. The van der Waals surface area contributed by atoms with E-state index in [2.05, 4.69) is 25.8 Å². The number of fused-ring (bicyclic) bond motifs is 1. The quantitative estimate of drug-likeness (QED) is 0.797. The van der Waals surface area contributed by atoms with Gasteiger partial charge in [0.25, 0.3) is 5.82 Å². The van der Waals surface area contributed by atoms with Gasteiger partial charge in [-0.15, -0.1) is 15.3 Å². The van der Waals surface area contributed by atoms with Crippen molar-refractivity contribution in [2.75, 3.05) is 5.32 Å². The Morgan fingerprint density at radius 3 is 2.76 bits per heavy atom.